The molecule has 0 saturated carbocycles. The van der Waals surface area contributed by atoms with Crippen molar-refractivity contribution in [3.63, 3.8) is 0 Å². The summed E-state index contributed by atoms with van der Waals surface area (Å²) in [5, 5.41) is 2.79. The summed E-state index contributed by atoms with van der Waals surface area (Å²) < 4.78 is 0. The second-order valence-electron chi connectivity index (χ2n) is 5.82. The molecule has 1 aromatic rings. The molecule has 0 radical (unpaired) electrons. The van der Waals surface area contributed by atoms with Crippen molar-refractivity contribution < 1.29 is 9.59 Å². The molecule has 0 spiro atoms. The molecule has 1 aliphatic heterocycles. The van der Waals surface area contributed by atoms with Gasteiger partial charge in [-0.1, -0.05) is 13.8 Å². The molecular weight excluding hydrogens is 272 g/mol. The van der Waals surface area contributed by atoms with Crippen molar-refractivity contribution in [3.05, 3.63) is 21.9 Å². The molecule has 0 bridgehead atoms. The second-order valence-corrected chi connectivity index (χ2v) is 7.19. The molecular formula is C15H22N2O2S. The van der Waals surface area contributed by atoms with Crippen molar-refractivity contribution in [1.29, 1.82) is 0 Å². The highest BCUT2D eigenvalue weighted by Crippen LogP contribution is 2.20. The van der Waals surface area contributed by atoms with Gasteiger partial charge in [0.25, 0.3) is 0 Å². The maximum atomic E-state index is 12.5. The van der Waals surface area contributed by atoms with Crippen LogP contribution in [-0.4, -0.2) is 35.3 Å². The predicted molar refractivity (Wildman–Crippen MR) is 80.7 cm³/mol. The SMILES string of the molecule is Cc1ccc(CC(C)N2CC(=O)NC(C(C)C)C2=O)s1. The third-order valence-corrected chi connectivity index (χ3v) is 4.69. The Labute approximate surface area is 124 Å². The van der Waals surface area contributed by atoms with E-state index in [9.17, 15) is 9.59 Å². The molecule has 4 nitrogen and oxygen atoms in total. The Hall–Kier alpha value is -1.36. The lowest BCUT2D eigenvalue weighted by atomic mass is 9.99. The van der Waals surface area contributed by atoms with E-state index >= 15 is 0 Å². The van der Waals surface area contributed by atoms with Crippen molar-refractivity contribution >= 4 is 23.2 Å². The lowest BCUT2D eigenvalue weighted by Gasteiger charge is -2.37. The zero-order valence-corrected chi connectivity index (χ0v) is 13.3. The van der Waals surface area contributed by atoms with Gasteiger partial charge in [0.05, 0.1) is 6.54 Å². The van der Waals surface area contributed by atoms with Gasteiger partial charge in [-0.05, 0) is 31.9 Å². The summed E-state index contributed by atoms with van der Waals surface area (Å²) >= 11 is 1.75. The van der Waals surface area contributed by atoms with Crippen LogP contribution in [0.3, 0.4) is 0 Å². The van der Waals surface area contributed by atoms with Crippen molar-refractivity contribution in [2.45, 2.75) is 46.2 Å². The van der Waals surface area contributed by atoms with Gasteiger partial charge in [0.1, 0.15) is 6.04 Å². The van der Waals surface area contributed by atoms with Crippen molar-refractivity contribution in [2.75, 3.05) is 6.54 Å². The quantitative estimate of drug-likeness (QED) is 0.923. The summed E-state index contributed by atoms with van der Waals surface area (Å²) in [6.07, 6.45) is 0.808. The number of piperazine rings is 1. The minimum Gasteiger partial charge on any atom is -0.343 e. The number of carbonyl (C=O) groups is 2. The molecule has 2 atom stereocenters. The van der Waals surface area contributed by atoms with E-state index in [4.69, 9.17) is 0 Å². The fourth-order valence-electron chi connectivity index (χ4n) is 2.51. The fourth-order valence-corrected chi connectivity index (χ4v) is 3.52. The minimum atomic E-state index is -0.385. The highest BCUT2D eigenvalue weighted by atomic mass is 32.1. The van der Waals surface area contributed by atoms with E-state index in [1.165, 1.54) is 9.75 Å². The largest absolute Gasteiger partial charge is 0.343 e. The Bertz CT molecular complexity index is 510. The average Bonchev–Trinajstić information content (AvgIpc) is 2.76. The number of nitrogens with zero attached hydrogens (tertiary/aromatic N) is 1. The van der Waals surface area contributed by atoms with Gasteiger partial charge in [-0.15, -0.1) is 11.3 Å². The zero-order valence-electron chi connectivity index (χ0n) is 12.5. The summed E-state index contributed by atoms with van der Waals surface area (Å²) in [7, 11) is 0. The first-order chi connectivity index (χ1) is 9.38. The molecule has 0 aliphatic carbocycles. The Morgan fingerprint density at radius 3 is 2.60 bits per heavy atom. The smallest absolute Gasteiger partial charge is 0.246 e. The number of nitrogens with one attached hydrogen (secondary N) is 1. The van der Waals surface area contributed by atoms with E-state index in [1.54, 1.807) is 16.2 Å². The fraction of sp³-hybridized carbons (Fsp3) is 0.600. The molecule has 2 amide bonds. The van der Waals surface area contributed by atoms with Crippen LogP contribution in [0, 0.1) is 12.8 Å². The van der Waals surface area contributed by atoms with Crippen molar-refractivity contribution in [2.24, 2.45) is 5.92 Å². The standard InChI is InChI=1S/C15H22N2O2S/c1-9(2)14-15(19)17(8-13(18)16-14)10(3)7-12-6-5-11(4)20-12/h5-6,9-10,14H,7-8H2,1-4H3,(H,16,18). The highest BCUT2D eigenvalue weighted by molar-refractivity contribution is 7.11. The van der Waals surface area contributed by atoms with Crippen LogP contribution in [0.25, 0.3) is 0 Å². The van der Waals surface area contributed by atoms with E-state index < -0.39 is 0 Å². The lowest BCUT2D eigenvalue weighted by Crippen LogP contribution is -2.62. The van der Waals surface area contributed by atoms with E-state index in [0.717, 1.165) is 6.42 Å². The predicted octanol–water partition coefficient (Wildman–Crippen LogP) is 1.97. The van der Waals surface area contributed by atoms with Gasteiger partial charge in [-0.3, -0.25) is 9.59 Å². The van der Waals surface area contributed by atoms with E-state index in [0.29, 0.717) is 0 Å². The summed E-state index contributed by atoms with van der Waals surface area (Å²) in [4.78, 5) is 28.5. The van der Waals surface area contributed by atoms with Crippen LogP contribution in [0.5, 0.6) is 0 Å². The summed E-state index contributed by atoms with van der Waals surface area (Å²) in [5.41, 5.74) is 0. The first-order valence-electron chi connectivity index (χ1n) is 7.03. The average molecular weight is 294 g/mol. The van der Waals surface area contributed by atoms with E-state index in [-0.39, 0.29) is 36.4 Å². The van der Waals surface area contributed by atoms with Crippen LogP contribution in [-0.2, 0) is 16.0 Å². The topological polar surface area (TPSA) is 49.4 Å². The maximum Gasteiger partial charge on any atom is 0.246 e. The minimum absolute atomic E-state index is 0.0420. The maximum absolute atomic E-state index is 12.5. The van der Waals surface area contributed by atoms with E-state index in [1.807, 2.05) is 20.8 Å². The normalized spacial score (nSPS) is 21.2. The Kier molecular flexibility index (Phi) is 4.48. The van der Waals surface area contributed by atoms with E-state index in [2.05, 4.69) is 24.4 Å². The summed E-state index contributed by atoms with van der Waals surface area (Å²) in [5.74, 6) is 0.100. The Balaban J connectivity index is 2.09. The van der Waals surface area contributed by atoms with Crippen LogP contribution in [0.15, 0.2) is 12.1 Å². The van der Waals surface area contributed by atoms with Gasteiger partial charge in [0.2, 0.25) is 11.8 Å². The molecule has 2 unspecified atom stereocenters. The summed E-state index contributed by atoms with van der Waals surface area (Å²) in [6.45, 7) is 8.18. The van der Waals surface area contributed by atoms with Gasteiger partial charge in [0.15, 0.2) is 0 Å². The number of carbonyl (C=O) groups excluding carboxylic acids is 2. The van der Waals surface area contributed by atoms with Crippen LogP contribution in [0.2, 0.25) is 0 Å². The van der Waals surface area contributed by atoms with Crippen LogP contribution >= 0.6 is 11.3 Å². The van der Waals surface area contributed by atoms with Crippen molar-refractivity contribution in [3.8, 4) is 0 Å². The number of aryl methyl sites for hydroxylation is 1. The molecule has 1 saturated heterocycles. The molecule has 20 heavy (non-hydrogen) atoms. The molecule has 2 rings (SSSR count). The van der Waals surface area contributed by atoms with Crippen LogP contribution in [0.4, 0.5) is 0 Å². The third kappa shape index (κ3) is 3.20. The Morgan fingerprint density at radius 2 is 2.05 bits per heavy atom. The molecule has 1 aromatic heterocycles. The summed E-state index contributed by atoms with van der Waals surface area (Å²) in [6, 6.07) is 3.86. The molecule has 1 aliphatic rings. The van der Waals surface area contributed by atoms with Gasteiger partial charge < -0.3 is 10.2 Å². The highest BCUT2D eigenvalue weighted by Gasteiger charge is 2.36. The first kappa shape index (κ1) is 15.0. The van der Waals surface area contributed by atoms with Crippen LogP contribution in [0.1, 0.15) is 30.5 Å². The number of hydrogen-bond donors (Lipinski definition) is 1. The number of thiophene rings is 1. The van der Waals surface area contributed by atoms with Crippen LogP contribution < -0.4 is 5.32 Å². The zero-order chi connectivity index (χ0) is 14.9. The molecule has 0 aromatic carbocycles. The molecule has 5 heteroatoms. The number of rotatable bonds is 4. The third-order valence-electron chi connectivity index (χ3n) is 3.67. The van der Waals surface area contributed by atoms with Gasteiger partial charge in [0, 0.05) is 22.2 Å². The molecule has 2 heterocycles. The molecule has 110 valence electrons. The molecule has 1 N–H and O–H groups in total. The Morgan fingerprint density at radius 1 is 1.35 bits per heavy atom. The monoisotopic (exact) mass is 294 g/mol. The van der Waals surface area contributed by atoms with Crippen molar-refractivity contribution in [1.82, 2.24) is 10.2 Å². The lowest BCUT2D eigenvalue weighted by molar-refractivity contribution is -0.147. The van der Waals surface area contributed by atoms with Gasteiger partial charge >= 0.3 is 0 Å². The number of hydrogen-bond acceptors (Lipinski definition) is 3. The van der Waals surface area contributed by atoms with Gasteiger partial charge in [-0.2, -0.15) is 0 Å². The molecule has 1 fully saturated rings. The number of amides is 2. The first-order valence-corrected chi connectivity index (χ1v) is 7.85. The van der Waals surface area contributed by atoms with Gasteiger partial charge in [-0.25, -0.2) is 0 Å². The second kappa shape index (κ2) is 5.95.